The Labute approximate surface area is 131 Å². The van der Waals surface area contributed by atoms with Crippen LogP contribution in [0.4, 0.5) is 0 Å². The van der Waals surface area contributed by atoms with Crippen molar-refractivity contribution in [3.63, 3.8) is 0 Å². The van der Waals surface area contributed by atoms with Crippen LogP contribution in [0.3, 0.4) is 0 Å². The van der Waals surface area contributed by atoms with Gasteiger partial charge in [-0.1, -0.05) is 30.3 Å². The first-order valence-corrected chi connectivity index (χ1v) is 7.80. The smallest absolute Gasteiger partial charge is 0.223 e. The first-order valence-electron chi connectivity index (χ1n) is 7.80. The molecule has 5 heteroatoms. The number of hydrogen-bond acceptors (Lipinski definition) is 3. The zero-order chi connectivity index (χ0) is 15.8. The van der Waals surface area contributed by atoms with Crippen LogP contribution in [0.1, 0.15) is 18.4 Å². The van der Waals surface area contributed by atoms with E-state index < -0.39 is 0 Å². The molecule has 1 fully saturated rings. The van der Waals surface area contributed by atoms with Gasteiger partial charge in [-0.15, -0.1) is 0 Å². The van der Waals surface area contributed by atoms with E-state index in [9.17, 15) is 9.59 Å². The maximum absolute atomic E-state index is 12.0. The molecule has 2 rings (SSSR count). The van der Waals surface area contributed by atoms with Gasteiger partial charge in [-0.05, 0) is 24.8 Å². The van der Waals surface area contributed by atoms with Gasteiger partial charge < -0.3 is 15.4 Å². The Balaban J connectivity index is 1.60. The Morgan fingerprint density at radius 1 is 1.09 bits per heavy atom. The van der Waals surface area contributed by atoms with Crippen molar-refractivity contribution in [3.8, 4) is 0 Å². The van der Waals surface area contributed by atoms with Crippen molar-refractivity contribution in [2.75, 3.05) is 26.8 Å². The van der Waals surface area contributed by atoms with Crippen molar-refractivity contribution in [2.45, 2.75) is 19.3 Å². The van der Waals surface area contributed by atoms with Crippen LogP contribution in [0.15, 0.2) is 30.3 Å². The Kier molecular flexibility index (Phi) is 6.40. The molecule has 1 aromatic carbocycles. The third kappa shape index (κ3) is 5.15. The molecule has 1 aromatic rings. The fraction of sp³-hybridized carbons (Fsp3) is 0.529. The highest BCUT2D eigenvalue weighted by atomic mass is 16.5. The summed E-state index contributed by atoms with van der Waals surface area (Å²) in [7, 11) is 1.64. The van der Waals surface area contributed by atoms with Crippen molar-refractivity contribution in [2.24, 2.45) is 11.8 Å². The van der Waals surface area contributed by atoms with E-state index in [4.69, 9.17) is 4.74 Å². The van der Waals surface area contributed by atoms with E-state index in [1.807, 2.05) is 30.3 Å². The molecule has 2 amide bonds. The van der Waals surface area contributed by atoms with Crippen molar-refractivity contribution in [3.05, 3.63) is 35.9 Å². The van der Waals surface area contributed by atoms with Gasteiger partial charge in [0, 0.05) is 26.8 Å². The second-order valence-electron chi connectivity index (χ2n) is 5.61. The van der Waals surface area contributed by atoms with Gasteiger partial charge in [0.25, 0.3) is 0 Å². The summed E-state index contributed by atoms with van der Waals surface area (Å²) in [5.74, 6) is -0.329. The maximum Gasteiger partial charge on any atom is 0.223 e. The van der Waals surface area contributed by atoms with Gasteiger partial charge in [0.2, 0.25) is 11.8 Å². The molecule has 5 nitrogen and oxygen atoms in total. The minimum Gasteiger partial charge on any atom is -0.385 e. The second kappa shape index (κ2) is 8.54. The lowest BCUT2D eigenvalue weighted by atomic mass is 10.1. The van der Waals surface area contributed by atoms with Gasteiger partial charge in [0.1, 0.15) is 0 Å². The molecule has 0 saturated heterocycles. The van der Waals surface area contributed by atoms with Crippen LogP contribution in [0.25, 0.3) is 0 Å². The highest BCUT2D eigenvalue weighted by Gasteiger charge is 2.47. The van der Waals surface area contributed by atoms with Crippen molar-refractivity contribution >= 4 is 11.8 Å². The minimum atomic E-state index is -0.154. The summed E-state index contributed by atoms with van der Waals surface area (Å²) in [4.78, 5) is 23.8. The average molecular weight is 304 g/mol. The lowest BCUT2D eigenvalue weighted by Gasteiger charge is -2.06. The zero-order valence-electron chi connectivity index (χ0n) is 13.0. The van der Waals surface area contributed by atoms with Crippen LogP contribution in [0, 0.1) is 11.8 Å². The van der Waals surface area contributed by atoms with Crippen LogP contribution < -0.4 is 10.6 Å². The molecule has 2 N–H and O–H groups in total. The van der Waals surface area contributed by atoms with E-state index in [2.05, 4.69) is 10.6 Å². The second-order valence-corrected chi connectivity index (χ2v) is 5.61. The summed E-state index contributed by atoms with van der Waals surface area (Å²) in [6.45, 7) is 1.85. The van der Waals surface area contributed by atoms with Gasteiger partial charge in [0.05, 0.1) is 11.8 Å². The molecular weight excluding hydrogens is 280 g/mol. The standard InChI is InChI=1S/C17H24N2O3/c1-22-11-5-9-18-16(20)14-12-15(14)17(21)19-10-8-13-6-3-2-4-7-13/h2-4,6-7,14-15H,5,8-12H2,1H3,(H,18,20)(H,19,21). The fourth-order valence-electron chi connectivity index (χ4n) is 2.44. The summed E-state index contributed by atoms with van der Waals surface area (Å²) in [6.07, 6.45) is 2.27. The first-order chi connectivity index (χ1) is 10.7. The molecular formula is C17H24N2O3. The molecule has 22 heavy (non-hydrogen) atoms. The Morgan fingerprint density at radius 3 is 2.36 bits per heavy atom. The summed E-state index contributed by atoms with van der Waals surface area (Å²) in [6, 6.07) is 10.0. The molecule has 0 bridgehead atoms. The predicted octanol–water partition coefficient (Wildman–Crippen LogP) is 1.13. The molecule has 1 saturated carbocycles. The number of hydrogen-bond donors (Lipinski definition) is 2. The van der Waals surface area contributed by atoms with Crippen LogP contribution >= 0.6 is 0 Å². The van der Waals surface area contributed by atoms with Crippen LogP contribution in [0.5, 0.6) is 0 Å². The van der Waals surface area contributed by atoms with Gasteiger partial charge in [-0.25, -0.2) is 0 Å². The van der Waals surface area contributed by atoms with Crippen LogP contribution in [-0.2, 0) is 20.7 Å². The van der Waals surface area contributed by atoms with Crippen LogP contribution in [0.2, 0.25) is 0 Å². The Hall–Kier alpha value is -1.88. The van der Waals surface area contributed by atoms with E-state index in [0.29, 0.717) is 26.1 Å². The number of ether oxygens (including phenoxy) is 1. The Bertz CT molecular complexity index is 490. The summed E-state index contributed by atoms with van der Waals surface area (Å²) >= 11 is 0. The number of amides is 2. The molecule has 2 unspecified atom stereocenters. The van der Waals surface area contributed by atoms with E-state index in [0.717, 1.165) is 12.8 Å². The van der Waals surface area contributed by atoms with Gasteiger partial charge in [-0.3, -0.25) is 9.59 Å². The SMILES string of the molecule is COCCCNC(=O)C1CC1C(=O)NCCc1ccccc1. The number of rotatable bonds is 9. The summed E-state index contributed by atoms with van der Waals surface area (Å²) in [5, 5.41) is 5.76. The highest BCUT2D eigenvalue weighted by molar-refractivity contribution is 5.92. The number of benzene rings is 1. The lowest BCUT2D eigenvalue weighted by Crippen LogP contribution is -2.31. The van der Waals surface area contributed by atoms with Gasteiger partial charge in [-0.2, -0.15) is 0 Å². The third-order valence-electron chi connectivity index (χ3n) is 3.84. The van der Waals surface area contributed by atoms with E-state index >= 15 is 0 Å². The van der Waals surface area contributed by atoms with Crippen molar-refractivity contribution < 1.29 is 14.3 Å². The summed E-state index contributed by atoms with van der Waals surface area (Å²) in [5.41, 5.74) is 1.20. The lowest BCUT2D eigenvalue weighted by molar-refractivity contribution is -0.127. The monoisotopic (exact) mass is 304 g/mol. The van der Waals surface area contributed by atoms with Crippen molar-refractivity contribution in [1.29, 1.82) is 0 Å². The molecule has 0 aromatic heterocycles. The molecule has 2 atom stereocenters. The van der Waals surface area contributed by atoms with Gasteiger partial charge >= 0.3 is 0 Å². The quantitative estimate of drug-likeness (QED) is 0.672. The number of nitrogens with one attached hydrogen (secondary N) is 2. The largest absolute Gasteiger partial charge is 0.385 e. The van der Waals surface area contributed by atoms with E-state index in [1.165, 1.54) is 5.56 Å². The Morgan fingerprint density at radius 2 is 1.73 bits per heavy atom. The maximum atomic E-state index is 12.0. The molecule has 0 radical (unpaired) electrons. The fourth-order valence-corrected chi connectivity index (χ4v) is 2.44. The third-order valence-corrected chi connectivity index (χ3v) is 3.84. The molecule has 1 aliphatic rings. The van der Waals surface area contributed by atoms with E-state index in [-0.39, 0.29) is 23.7 Å². The number of carbonyl (C=O) groups excluding carboxylic acids is 2. The topological polar surface area (TPSA) is 67.4 Å². The molecule has 0 aliphatic heterocycles. The zero-order valence-corrected chi connectivity index (χ0v) is 13.0. The number of methoxy groups -OCH3 is 1. The molecule has 120 valence electrons. The summed E-state index contributed by atoms with van der Waals surface area (Å²) < 4.78 is 4.92. The number of carbonyl (C=O) groups is 2. The molecule has 1 aliphatic carbocycles. The van der Waals surface area contributed by atoms with Crippen molar-refractivity contribution in [1.82, 2.24) is 10.6 Å². The molecule has 0 spiro atoms. The first kappa shape index (κ1) is 16.5. The minimum absolute atomic E-state index is 0.00651. The normalized spacial score (nSPS) is 19.5. The van der Waals surface area contributed by atoms with Gasteiger partial charge in [0.15, 0.2) is 0 Å². The molecule has 0 heterocycles. The predicted molar refractivity (Wildman–Crippen MR) is 84.3 cm³/mol. The van der Waals surface area contributed by atoms with Crippen LogP contribution in [-0.4, -0.2) is 38.6 Å². The highest BCUT2D eigenvalue weighted by Crippen LogP contribution is 2.38. The van der Waals surface area contributed by atoms with E-state index in [1.54, 1.807) is 7.11 Å². The average Bonchev–Trinajstić information content (AvgIpc) is 3.33.